The molecule has 0 amide bonds. The van der Waals surface area contributed by atoms with E-state index in [2.05, 4.69) is 48.0 Å². The molecule has 1 heterocycles. The second-order valence-corrected chi connectivity index (χ2v) is 3.94. The van der Waals surface area contributed by atoms with Gasteiger partial charge in [0.15, 0.2) is 0 Å². The first-order valence-corrected chi connectivity index (χ1v) is 5.85. The monoisotopic (exact) mass is 217 g/mol. The van der Waals surface area contributed by atoms with Crippen LogP contribution in [0.4, 0.5) is 5.69 Å². The van der Waals surface area contributed by atoms with Gasteiger partial charge in [-0.25, -0.2) is 0 Å². The molecule has 3 nitrogen and oxygen atoms in total. The van der Waals surface area contributed by atoms with E-state index in [1.807, 2.05) is 0 Å². The summed E-state index contributed by atoms with van der Waals surface area (Å²) in [6, 6.07) is 8.63. The van der Waals surface area contributed by atoms with Gasteiger partial charge in [0.1, 0.15) is 0 Å². The Labute approximate surface area is 96.2 Å². The van der Waals surface area contributed by atoms with E-state index in [1.165, 1.54) is 11.1 Å². The fraction of sp³-hybridized carbons (Fsp3) is 0.385. The van der Waals surface area contributed by atoms with Gasteiger partial charge in [0.25, 0.3) is 0 Å². The molecule has 1 aromatic carbocycles. The highest BCUT2D eigenvalue weighted by molar-refractivity contribution is 5.84. The van der Waals surface area contributed by atoms with Crippen LogP contribution in [0.25, 0.3) is 10.9 Å². The highest BCUT2D eigenvalue weighted by atomic mass is 15.1. The lowest BCUT2D eigenvalue weighted by atomic mass is 10.2. The number of nitrogens with one attached hydrogen (secondary N) is 1. The lowest BCUT2D eigenvalue weighted by molar-refractivity contribution is 0.867. The first kappa shape index (κ1) is 11.0. The number of rotatable bonds is 4. The number of hydrogen-bond donors (Lipinski definition) is 2. The number of nitrogens with zero attached hydrogens (tertiary/aromatic N) is 1. The van der Waals surface area contributed by atoms with Crippen molar-refractivity contribution in [3.8, 4) is 0 Å². The topological polar surface area (TPSA) is 45.0 Å². The summed E-state index contributed by atoms with van der Waals surface area (Å²) in [6.07, 6.45) is 0. The molecule has 0 aliphatic rings. The largest absolute Gasteiger partial charge is 0.372 e. The van der Waals surface area contributed by atoms with Gasteiger partial charge in [-0.3, -0.25) is 0 Å². The van der Waals surface area contributed by atoms with Crippen LogP contribution >= 0.6 is 0 Å². The van der Waals surface area contributed by atoms with Gasteiger partial charge < -0.3 is 15.6 Å². The molecule has 1 aromatic heterocycles. The second-order valence-electron chi connectivity index (χ2n) is 3.94. The number of anilines is 1. The summed E-state index contributed by atoms with van der Waals surface area (Å²) in [7, 11) is 0. The summed E-state index contributed by atoms with van der Waals surface area (Å²) in [5.41, 5.74) is 9.15. The Balaban J connectivity index is 2.42. The fourth-order valence-corrected chi connectivity index (χ4v) is 2.08. The smallest absolute Gasteiger partial charge is 0.0457 e. The molecule has 2 aromatic rings. The molecule has 3 heteroatoms. The molecule has 86 valence electrons. The Morgan fingerprint density at radius 2 is 1.94 bits per heavy atom. The van der Waals surface area contributed by atoms with Crippen LogP contribution in [-0.2, 0) is 6.54 Å². The Hall–Kier alpha value is -1.48. The van der Waals surface area contributed by atoms with E-state index in [1.54, 1.807) is 0 Å². The number of fused-ring (bicyclic) bond motifs is 1. The van der Waals surface area contributed by atoms with Crippen molar-refractivity contribution in [2.45, 2.75) is 20.4 Å². The van der Waals surface area contributed by atoms with Crippen LogP contribution in [0.5, 0.6) is 0 Å². The Morgan fingerprint density at radius 1 is 1.19 bits per heavy atom. The van der Waals surface area contributed by atoms with E-state index >= 15 is 0 Å². The molecule has 0 aliphatic carbocycles. The van der Waals surface area contributed by atoms with Crippen LogP contribution in [0.15, 0.2) is 24.3 Å². The lowest BCUT2D eigenvalue weighted by Crippen LogP contribution is -2.21. The van der Waals surface area contributed by atoms with Crippen molar-refractivity contribution in [1.82, 2.24) is 4.98 Å². The Morgan fingerprint density at radius 3 is 2.56 bits per heavy atom. The molecule has 0 bridgehead atoms. The molecular weight excluding hydrogens is 198 g/mol. The van der Waals surface area contributed by atoms with Crippen LogP contribution in [0, 0.1) is 0 Å². The van der Waals surface area contributed by atoms with Crippen LogP contribution < -0.4 is 10.6 Å². The predicted molar refractivity (Wildman–Crippen MR) is 69.8 cm³/mol. The molecule has 0 aliphatic heterocycles. The summed E-state index contributed by atoms with van der Waals surface area (Å²) in [5, 5.41) is 1.24. The normalized spacial score (nSPS) is 10.9. The average Bonchev–Trinajstić information content (AvgIpc) is 2.73. The summed E-state index contributed by atoms with van der Waals surface area (Å²) < 4.78 is 0. The van der Waals surface area contributed by atoms with Crippen molar-refractivity contribution in [3.63, 3.8) is 0 Å². The minimum absolute atomic E-state index is 0.565. The maximum Gasteiger partial charge on any atom is 0.0457 e. The predicted octanol–water partition coefficient (Wildman–Crippen LogP) is 2.47. The van der Waals surface area contributed by atoms with Crippen molar-refractivity contribution in [2.24, 2.45) is 5.73 Å². The standard InChI is InChI=1S/C13H19N3/c1-3-16(4-2)12-5-6-13-10(8-12)7-11(9-14)15-13/h5-8,15H,3-4,9,14H2,1-2H3. The quantitative estimate of drug-likeness (QED) is 0.826. The first-order valence-electron chi connectivity index (χ1n) is 5.85. The van der Waals surface area contributed by atoms with E-state index in [9.17, 15) is 0 Å². The zero-order valence-electron chi connectivity index (χ0n) is 9.96. The molecular formula is C13H19N3. The molecule has 0 saturated heterocycles. The second kappa shape index (κ2) is 4.58. The van der Waals surface area contributed by atoms with Crippen molar-refractivity contribution in [1.29, 1.82) is 0 Å². The summed E-state index contributed by atoms with van der Waals surface area (Å²) in [4.78, 5) is 5.65. The fourth-order valence-electron chi connectivity index (χ4n) is 2.08. The SMILES string of the molecule is CCN(CC)c1ccc2[nH]c(CN)cc2c1. The van der Waals surface area contributed by atoms with E-state index in [4.69, 9.17) is 5.73 Å². The van der Waals surface area contributed by atoms with Gasteiger partial charge in [0.05, 0.1) is 0 Å². The number of H-pyrrole nitrogens is 1. The van der Waals surface area contributed by atoms with Crippen molar-refractivity contribution >= 4 is 16.6 Å². The molecule has 0 saturated carbocycles. The highest BCUT2D eigenvalue weighted by Crippen LogP contribution is 2.22. The molecule has 0 spiro atoms. The average molecular weight is 217 g/mol. The Bertz CT molecular complexity index is 469. The van der Waals surface area contributed by atoms with Crippen LogP contribution in [0.3, 0.4) is 0 Å². The minimum atomic E-state index is 0.565. The van der Waals surface area contributed by atoms with Crippen LogP contribution in [0.2, 0.25) is 0 Å². The van der Waals surface area contributed by atoms with Crippen molar-refractivity contribution in [3.05, 3.63) is 30.0 Å². The zero-order valence-corrected chi connectivity index (χ0v) is 9.96. The number of aromatic nitrogens is 1. The van der Waals surface area contributed by atoms with Gasteiger partial charge >= 0.3 is 0 Å². The number of benzene rings is 1. The van der Waals surface area contributed by atoms with Crippen molar-refractivity contribution < 1.29 is 0 Å². The highest BCUT2D eigenvalue weighted by Gasteiger charge is 2.04. The first-order chi connectivity index (χ1) is 7.78. The molecule has 0 fully saturated rings. The summed E-state index contributed by atoms with van der Waals surface area (Å²) in [5.74, 6) is 0. The third kappa shape index (κ3) is 1.91. The maximum absolute atomic E-state index is 5.62. The molecule has 0 radical (unpaired) electrons. The van der Waals surface area contributed by atoms with Gasteiger partial charge in [-0.2, -0.15) is 0 Å². The zero-order chi connectivity index (χ0) is 11.5. The van der Waals surface area contributed by atoms with E-state index < -0.39 is 0 Å². The third-order valence-electron chi connectivity index (χ3n) is 3.01. The van der Waals surface area contributed by atoms with Crippen LogP contribution in [0.1, 0.15) is 19.5 Å². The van der Waals surface area contributed by atoms with E-state index in [0.29, 0.717) is 6.54 Å². The van der Waals surface area contributed by atoms with Gasteiger partial charge in [-0.15, -0.1) is 0 Å². The number of nitrogens with two attached hydrogens (primary N) is 1. The number of aromatic amines is 1. The molecule has 16 heavy (non-hydrogen) atoms. The van der Waals surface area contributed by atoms with Gasteiger partial charge in [0, 0.05) is 41.9 Å². The number of hydrogen-bond acceptors (Lipinski definition) is 2. The van der Waals surface area contributed by atoms with Crippen LogP contribution in [-0.4, -0.2) is 18.1 Å². The van der Waals surface area contributed by atoms with Gasteiger partial charge in [0.2, 0.25) is 0 Å². The summed E-state index contributed by atoms with van der Waals surface area (Å²) >= 11 is 0. The molecule has 0 atom stereocenters. The third-order valence-corrected chi connectivity index (χ3v) is 3.01. The van der Waals surface area contributed by atoms with Gasteiger partial charge in [-0.05, 0) is 38.1 Å². The Kier molecular flexibility index (Phi) is 3.15. The van der Waals surface area contributed by atoms with E-state index in [0.717, 1.165) is 24.3 Å². The molecule has 2 rings (SSSR count). The van der Waals surface area contributed by atoms with Gasteiger partial charge in [-0.1, -0.05) is 0 Å². The summed E-state index contributed by atoms with van der Waals surface area (Å²) in [6.45, 7) is 6.99. The van der Waals surface area contributed by atoms with E-state index in [-0.39, 0.29) is 0 Å². The van der Waals surface area contributed by atoms with Crippen molar-refractivity contribution in [2.75, 3.05) is 18.0 Å². The molecule has 0 unspecified atom stereocenters. The lowest BCUT2D eigenvalue weighted by Gasteiger charge is -2.20. The maximum atomic E-state index is 5.62. The molecule has 3 N–H and O–H groups in total. The minimum Gasteiger partial charge on any atom is -0.372 e.